The van der Waals surface area contributed by atoms with Crippen LogP contribution in [0.4, 0.5) is 5.13 Å². The maximum absolute atomic E-state index is 12.6. The fourth-order valence-corrected chi connectivity index (χ4v) is 3.81. The zero-order chi connectivity index (χ0) is 21.5. The van der Waals surface area contributed by atoms with Crippen molar-refractivity contribution in [2.45, 2.75) is 20.4 Å². The zero-order valence-corrected chi connectivity index (χ0v) is 18.6. The lowest BCUT2D eigenvalue weighted by Gasteiger charge is -2.17. The number of nitrogens with one attached hydrogen (secondary N) is 1. The number of hydrogen-bond acceptors (Lipinski definition) is 6. The molecule has 0 fully saturated rings. The predicted molar refractivity (Wildman–Crippen MR) is 122 cm³/mol. The van der Waals surface area contributed by atoms with E-state index in [2.05, 4.69) is 29.0 Å². The van der Waals surface area contributed by atoms with Crippen molar-refractivity contribution in [3.05, 3.63) is 59.0 Å². The van der Waals surface area contributed by atoms with E-state index in [1.807, 2.05) is 47.8 Å². The number of nitrogens with zero attached hydrogens (tertiary/aromatic N) is 2. The van der Waals surface area contributed by atoms with E-state index in [1.165, 1.54) is 16.9 Å². The number of methoxy groups -OCH3 is 2. The third-order valence-electron chi connectivity index (χ3n) is 4.92. The first kappa shape index (κ1) is 21.8. The summed E-state index contributed by atoms with van der Waals surface area (Å²) in [6.45, 7) is 7.18. The van der Waals surface area contributed by atoms with Gasteiger partial charge in [-0.1, -0.05) is 26.0 Å². The molecular formula is C23H27N3O3S. The van der Waals surface area contributed by atoms with Crippen LogP contribution in [0.1, 0.15) is 29.8 Å². The lowest BCUT2D eigenvalue weighted by atomic mass is 10.1. The second-order valence-electron chi connectivity index (χ2n) is 6.72. The molecule has 0 atom stereocenters. The highest BCUT2D eigenvalue weighted by atomic mass is 32.1. The molecule has 7 heteroatoms. The Balaban J connectivity index is 1.71. The Labute approximate surface area is 181 Å². The van der Waals surface area contributed by atoms with Crippen LogP contribution in [0, 0.1) is 0 Å². The van der Waals surface area contributed by atoms with Crippen molar-refractivity contribution >= 4 is 22.4 Å². The number of thiazole rings is 1. The SMILES string of the molecule is CCN(CC)Cc1ccc(C(=O)Nc2nc(-c3cc(OC)ccc3OC)cs2)cc1. The van der Waals surface area contributed by atoms with E-state index in [0.717, 1.165) is 30.9 Å². The average molecular weight is 426 g/mol. The van der Waals surface area contributed by atoms with Crippen LogP contribution in [0.2, 0.25) is 0 Å². The van der Waals surface area contributed by atoms with Gasteiger partial charge >= 0.3 is 0 Å². The van der Waals surface area contributed by atoms with Crippen LogP contribution in [0.15, 0.2) is 47.8 Å². The fourth-order valence-electron chi connectivity index (χ4n) is 3.11. The first-order valence-electron chi connectivity index (χ1n) is 9.88. The molecule has 3 aromatic rings. The molecule has 1 heterocycles. The molecule has 0 aliphatic heterocycles. The first-order chi connectivity index (χ1) is 14.6. The predicted octanol–water partition coefficient (Wildman–Crippen LogP) is 4.92. The Kier molecular flexibility index (Phi) is 7.43. The van der Waals surface area contributed by atoms with Gasteiger partial charge in [0.25, 0.3) is 5.91 Å². The zero-order valence-electron chi connectivity index (χ0n) is 17.8. The number of carbonyl (C=O) groups excluding carboxylic acids is 1. The van der Waals surface area contributed by atoms with Gasteiger partial charge in [-0.2, -0.15) is 0 Å². The van der Waals surface area contributed by atoms with Gasteiger partial charge in [-0.05, 0) is 49.0 Å². The number of anilines is 1. The molecule has 1 N–H and O–H groups in total. The summed E-state index contributed by atoms with van der Waals surface area (Å²) in [4.78, 5) is 19.5. The van der Waals surface area contributed by atoms with Crippen LogP contribution in [0.5, 0.6) is 11.5 Å². The maximum Gasteiger partial charge on any atom is 0.257 e. The molecule has 0 bridgehead atoms. The number of amides is 1. The quantitative estimate of drug-likeness (QED) is 0.527. The molecule has 3 rings (SSSR count). The summed E-state index contributed by atoms with van der Waals surface area (Å²) in [5.74, 6) is 1.24. The van der Waals surface area contributed by atoms with E-state index in [4.69, 9.17) is 9.47 Å². The van der Waals surface area contributed by atoms with Crippen LogP contribution < -0.4 is 14.8 Å². The molecule has 0 spiro atoms. The van der Waals surface area contributed by atoms with Crippen molar-refractivity contribution in [3.63, 3.8) is 0 Å². The number of aromatic nitrogens is 1. The molecule has 2 aromatic carbocycles. The molecule has 0 saturated heterocycles. The van der Waals surface area contributed by atoms with Crippen LogP contribution >= 0.6 is 11.3 Å². The standard InChI is InChI=1S/C23H27N3O3S/c1-5-26(6-2)14-16-7-9-17(10-8-16)22(27)25-23-24-20(15-30-23)19-13-18(28-3)11-12-21(19)29-4/h7-13,15H,5-6,14H2,1-4H3,(H,24,25,27). The van der Waals surface area contributed by atoms with Crippen molar-refractivity contribution in [2.75, 3.05) is 32.6 Å². The Hall–Kier alpha value is -2.90. The molecular weight excluding hydrogens is 398 g/mol. The third-order valence-corrected chi connectivity index (χ3v) is 5.68. The lowest BCUT2D eigenvalue weighted by molar-refractivity contribution is 0.102. The van der Waals surface area contributed by atoms with E-state index >= 15 is 0 Å². The summed E-state index contributed by atoms with van der Waals surface area (Å²) in [6, 6.07) is 13.3. The highest BCUT2D eigenvalue weighted by molar-refractivity contribution is 7.14. The summed E-state index contributed by atoms with van der Waals surface area (Å²) < 4.78 is 10.7. The van der Waals surface area contributed by atoms with Crippen LogP contribution in [-0.2, 0) is 6.54 Å². The second-order valence-corrected chi connectivity index (χ2v) is 7.57. The van der Waals surface area contributed by atoms with E-state index in [1.54, 1.807) is 14.2 Å². The molecule has 1 amide bonds. The Morgan fingerprint density at radius 1 is 1.07 bits per heavy atom. The second kappa shape index (κ2) is 10.2. The minimum absolute atomic E-state index is 0.178. The van der Waals surface area contributed by atoms with Gasteiger partial charge in [-0.15, -0.1) is 11.3 Å². The fraction of sp³-hybridized carbons (Fsp3) is 0.304. The Bertz CT molecular complexity index is 982. The molecule has 0 radical (unpaired) electrons. The lowest BCUT2D eigenvalue weighted by Crippen LogP contribution is -2.22. The van der Waals surface area contributed by atoms with Gasteiger partial charge < -0.3 is 9.47 Å². The highest BCUT2D eigenvalue weighted by Crippen LogP contribution is 2.35. The molecule has 0 aliphatic rings. The van der Waals surface area contributed by atoms with Crippen molar-refractivity contribution in [2.24, 2.45) is 0 Å². The summed E-state index contributed by atoms with van der Waals surface area (Å²) in [6.07, 6.45) is 0. The molecule has 0 saturated carbocycles. The normalized spacial score (nSPS) is 10.8. The van der Waals surface area contributed by atoms with Crippen LogP contribution in [0.25, 0.3) is 11.3 Å². The highest BCUT2D eigenvalue weighted by Gasteiger charge is 2.14. The maximum atomic E-state index is 12.6. The topological polar surface area (TPSA) is 63.7 Å². The van der Waals surface area contributed by atoms with Gasteiger partial charge in [0.2, 0.25) is 0 Å². The van der Waals surface area contributed by atoms with E-state index in [9.17, 15) is 4.79 Å². The van der Waals surface area contributed by atoms with Crippen LogP contribution in [0.3, 0.4) is 0 Å². The molecule has 158 valence electrons. The minimum Gasteiger partial charge on any atom is -0.497 e. The number of carbonyl (C=O) groups is 1. The number of ether oxygens (including phenoxy) is 2. The van der Waals surface area contributed by atoms with Crippen molar-refractivity contribution < 1.29 is 14.3 Å². The Morgan fingerprint density at radius 2 is 1.80 bits per heavy atom. The summed E-state index contributed by atoms with van der Waals surface area (Å²) in [7, 11) is 3.23. The third kappa shape index (κ3) is 5.17. The number of benzene rings is 2. The summed E-state index contributed by atoms with van der Waals surface area (Å²) >= 11 is 1.37. The van der Waals surface area contributed by atoms with E-state index in [-0.39, 0.29) is 5.91 Å². The van der Waals surface area contributed by atoms with Gasteiger partial charge in [-0.25, -0.2) is 4.98 Å². The van der Waals surface area contributed by atoms with Gasteiger partial charge in [0, 0.05) is 23.1 Å². The van der Waals surface area contributed by atoms with Crippen LogP contribution in [-0.4, -0.2) is 43.1 Å². The van der Waals surface area contributed by atoms with Gasteiger partial charge in [0.15, 0.2) is 5.13 Å². The molecule has 0 unspecified atom stereocenters. The minimum atomic E-state index is -0.178. The Morgan fingerprint density at radius 3 is 2.43 bits per heavy atom. The van der Waals surface area contributed by atoms with Crippen molar-refractivity contribution in [1.29, 1.82) is 0 Å². The first-order valence-corrected chi connectivity index (χ1v) is 10.8. The monoisotopic (exact) mass is 425 g/mol. The van der Waals surface area contributed by atoms with E-state index < -0.39 is 0 Å². The number of rotatable bonds is 9. The molecule has 30 heavy (non-hydrogen) atoms. The smallest absolute Gasteiger partial charge is 0.257 e. The van der Waals surface area contributed by atoms with Gasteiger partial charge in [-0.3, -0.25) is 15.0 Å². The number of hydrogen-bond donors (Lipinski definition) is 1. The van der Waals surface area contributed by atoms with Crippen molar-refractivity contribution in [3.8, 4) is 22.8 Å². The summed E-state index contributed by atoms with van der Waals surface area (Å²) in [5.41, 5.74) is 3.33. The van der Waals surface area contributed by atoms with E-state index in [0.29, 0.717) is 22.2 Å². The van der Waals surface area contributed by atoms with Gasteiger partial charge in [0.1, 0.15) is 11.5 Å². The molecule has 0 aliphatic carbocycles. The molecule has 1 aromatic heterocycles. The average Bonchev–Trinajstić information content (AvgIpc) is 3.25. The molecule has 6 nitrogen and oxygen atoms in total. The summed E-state index contributed by atoms with van der Waals surface area (Å²) in [5, 5.41) is 5.31. The van der Waals surface area contributed by atoms with Crippen molar-refractivity contribution in [1.82, 2.24) is 9.88 Å². The van der Waals surface area contributed by atoms with Gasteiger partial charge in [0.05, 0.1) is 19.9 Å². The largest absolute Gasteiger partial charge is 0.497 e.